The Balaban J connectivity index is 2.01. The summed E-state index contributed by atoms with van der Waals surface area (Å²) in [6, 6.07) is 0. The van der Waals surface area contributed by atoms with Gasteiger partial charge in [-0.1, -0.05) is 13.5 Å². The summed E-state index contributed by atoms with van der Waals surface area (Å²) in [5.41, 5.74) is 0.782. The fourth-order valence-electron chi connectivity index (χ4n) is 2.24. The zero-order valence-electron chi connectivity index (χ0n) is 13.9. The van der Waals surface area contributed by atoms with Crippen LogP contribution >= 0.6 is 0 Å². The Morgan fingerprint density at radius 1 is 1.30 bits per heavy atom. The predicted molar refractivity (Wildman–Crippen MR) is 84.6 cm³/mol. The van der Waals surface area contributed by atoms with Crippen LogP contribution in [0.2, 0.25) is 0 Å². The molecule has 23 heavy (non-hydrogen) atoms. The van der Waals surface area contributed by atoms with E-state index in [1.807, 2.05) is 6.92 Å². The number of nitrogens with one attached hydrogen (secondary N) is 1. The van der Waals surface area contributed by atoms with Gasteiger partial charge in [0.05, 0.1) is 19.8 Å². The fraction of sp³-hybridized carbons (Fsp3) is 0.688. The smallest absolute Gasteiger partial charge is 0.229 e. The molecule has 1 rings (SSSR count). The summed E-state index contributed by atoms with van der Waals surface area (Å²) >= 11 is 0. The molecule has 1 atom stereocenters. The molecule has 0 saturated carbocycles. The Hall–Kier alpha value is -1.73. The average Bonchev–Trinajstić information content (AvgIpc) is 2.72. The van der Waals surface area contributed by atoms with Crippen LogP contribution in [0.5, 0.6) is 0 Å². The van der Waals surface area contributed by atoms with Crippen LogP contribution in [0.25, 0.3) is 0 Å². The minimum atomic E-state index is -0.124. The van der Waals surface area contributed by atoms with E-state index in [1.165, 1.54) is 6.92 Å². The minimum Gasteiger partial charge on any atom is -0.377 e. The van der Waals surface area contributed by atoms with E-state index < -0.39 is 0 Å². The largest absolute Gasteiger partial charge is 0.377 e. The van der Waals surface area contributed by atoms with E-state index in [2.05, 4.69) is 11.9 Å². The van der Waals surface area contributed by atoms with Crippen LogP contribution in [0, 0.1) is 5.92 Å². The van der Waals surface area contributed by atoms with E-state index >= 15 is 0 Å². The lowest BCUT2D eigenvalue weighted by Gasteiger charge is -2.17. The first kappa shape index (κ1) is 19.3. The van der Waals surface area contributed by atoms with Crippen molar-refractivity contribution >= 4 is 17.6 Å². The molecule has 1 fully saturated rings. The highest BCUT2D eigenvalue weighted by molar-refractivity contribution is 5.84. The Labute approximate surface area is 137 Å². The maximum absolute atomic E-state index is 11.8. The summed E-state index contributed by atoms with van der Waals surface area (Å²) in [7, 11) is 0. The van der Waals surface area contributed by atoms with Crippen molar-refractivity contribution in [2.24, 2.45) is 5.92 Å². The van der Waals surface area contributed by atoms with E-state index in [4.69, 9.17) is 9.47 Å². The first-order chi connectivity index (χ1) is 10.9. The molecule has 0 aromatic rings. The Bertz CT molecular complexity index is 450. The van der Waals surface area contributed by atoms with Gasteiger partial charge < -0.3 is 19.7 Å². The number of carbonyl (C=O) groups is 3. The van der Waals surface area contributed by atoms with Gasteiger partial charge in [0.2, 0.25) is 11.8 Å². The fourth-order valence-corrected chi connectivity index (χ4v) is 2.24. The Morgan fingerprint density at radius 2 is 2.00 bits per heavy atom. The second-order valence-corrected chi connectivity index (χ2v) is 5.63. The second-order valence-electron chi connectivity index (χ2n) is 5.63. The normalized spacial score (nSPS) is 17.7. The highest BCUT2D eigenvalue weighted by Gasteiger charge is 2.31. The molecule has 7 nitrogen and oxygen atoms in total. The summed E-state index contributed by atoms with van der Waals surface area (Å²) in [6.07, 6.45) is 0.916. The van der Waals surface area contributed by atoms with E-state index in [0.717, 1.165) is 5.70 Å². The van der Waals surface area contributed by atoms with Crippen LogP contribution in [0.4, 0.5) is 0 Å². The number of Topliss-reactive ketones (excluding diaryl/α,β-unsaturated/α-hetero) is 1. The molecule has 0 bridgehead atoms. The zero-order valence-corrected chi connectivity index (χ0v) is 13.9. The standard InChI is InChI=1S/C16H26N2O5/c1-12-10-13(2)18(16(12)21)6-4-15(20)17-5-7-22-8-9-23-11-14(3)19/h12H,2,4-11H2,1,3H3,(H,17,20). The van der Waals surface area contributed by atoms with Crippen LogP contribution in [0.15, 0.2) is 12.3 Å². The number of rotatable bonds is 11. The monoisotopic (exact) mass is 326 g/mol. The lowest BCUT2D eigenvalue weighted by Crippen LogP contribution is -2.33. The molecular formula is C16H26N2O5. The predicted octanol–water partition coefficient (Wildman–Crippen LogP) is 0.497. The molecule has 7 heteroatoms. The first-order valence-corrected chi connectivity index (χ1v) is 7.82. The van der Waals surface area contributed by atoms with Crippen molar-refractivity contribution < 1.29 is 23.9 Å². The molecule has 0 aliphatic carbocycles. The summed E-state index contributed by atoms with van der Waals surface area (Å²) in [6.45, 7) is 9.15. The van der Waals surface area contributed by atoms with Gasteiger partial charge >= 0.3 is 0 Å². The van der Waals surface area contributed by atoms with E-state index in [-0.39, 0.29) is 36.5 Å². The van der Waals surface area contributed by atoms with Crippen LogP contribution in [-0.2, 0) is 23.9 Å². The number of amides is 2. The molecule has 1 saturated heterocycles. The van der Waals surface area contributed by atoms with Gasteiger partial charge in [0.1, 0.15) is 6.61 Å². The summed E-state index contributed by atoms with van der Waals surface area (Å²) in [5.74, 6) is -0.145. The molecular weight excluding hydrogens is 300 g/mol. The van der Waals surface area contributed by atoms with Crippen molar-refractivity contribution in [3.63, 3.8) is 0 Å². The third kappa shape index (κ3) is 7.38. The second kappa shape index (κ2) is 10.1. The highest BCUT2D eigenvalue weighted by Crippen LogP contribution is 2.25. The van der Waals surface area contributed by atoms with Gasteiger partial charge in [-0.3, -0.25) is 14.4 Å². The third-order valence-electron chi connectivity index (χ3n) is 3.42. The van der Waals surface area contributed by atoms with Crippen molar-refractivity contribution in [2.45, 2.75) is 26.7 Å². The van der Waals surface area contributed by atoms with Crippen LogP contribution in [0.1, 0.15) is 26.7 Å². The van der Waals surface area contributed by atoms with E-state index in [9.17, 15) is 14.4 Å². The Morgan fingerprint density at radius 3 is 2.61 bits per heavy atom. The molecule has 130 valence electrons. The highest BCUT2D eigenvalue weighted by atomic mass is 16.5. The van der Waals surface area contributed by atoms with Gasteiger partial charge in [-0.05, 0) is 13.3 Å². The molecule has 1 unspecified atom stereocenters. The quantitative estimate of drug-likeness (QED) is 0.559. The number of hydrogen-bond donors (Lipinski definition) is 1. The van der Waals surface area contributed by atoms with Crippen LogP contribution in [0.3, 0.4) is 0 Å². The van der Waals surface area contributed by atoms with Crippen molar-refractivity contribution in [3.8, 4) is 0 Å². The van der Waals surface area contributed by atoms with Gasteiger partial charge in [-0.25, -0.2) is 0 Å². The molecule has 1 aliphatic heterocycles. The molecule has 1 heterocycles. The van der Waals surface area contributed by atoms with Crippen LogP contribution in [-0.4, -0.2) is 62.0 Å². The summed E-state index contributed by atoms with van der Waals surface area (Å²) < 4.78 is 10.3. The van der Waals surface area contributed by atoms with Gasteiger partial charge in [-0.15, -0.1) is 0 Å². The minimum absolute atomic E-state index is 0.0224. The maximum atomic E-state index is 11.8. The number of likely N-dealkylation sites (tertiary alicyclic amines) is 1. The lowest BCUT2D eigenvalue weighted by atomic mass is 10.1. The van der Waals surface area contributed by atoms with Gasteiger partial charge in [0.25, 0.3) is 0 Å². The number of nitrogens with zero attached hydrogens (tertiary/aromatic N) is 1. The van der Waals surface area contributed by atoms with Crippen molar-refractivity contribution in [1.82, 2.24) is 10.2 Å². The van der Waals surface area contributed by atoms with E-state index in [0.29, 0.717) is 39.3 Å². The van der Waals surface area contributed by atoms with Crippen molar-refractivity contribution in [2.75, 3.05) is 39.5 Å². The maximum Gasteiger partial charge on any atom is 0.229 e. The van der Waals surface area contributed by atoms with Gasteiger partial charge in [0.15, 0.2) is 5.78 Å². The third-order valence-corrected chi connectivity index (χ3v) is 3.42. The lowest BCUT2D eigenvalue weighted by molar-refractivity contribution is -0.130. The summed E-state index contributed by atoms with van der Waals surface area (Å²) in [4.78, 5) is 35.8. The van der Waals surface area contributed by atoms with Crippen LogP contribution < -0.4 is 5.32 Å². The molecule has 0 radical (unpaired) electrons. The van der Waals surface area contributed by atoms with Crippen molar-refractivity contribution in [1.29, 1.82) is 0 Å². The van der Waals surface area contributed by atoms with Gasteiger partial charge in [0, 0.05) is 31.1 Å². The topological polar surface area (TPSA) is 84.9 Å². The molecule has 0 aromatic carbocycles. The Kier molecular flexibility index (Phi) is 8.50. The molecule has 0 spiro atoms. The molecule has 0 aromatic heterocycles. The molecule has 1 aliphatic rings. The van der Waals surface area contributed by atoms with Gasteiger partial charge in [-0.2, -0.15) is 0 Å². The molecule has 1 N–H and O–H groups in total. The number of ketones is 1. The van der Waals surface area contributed by atoms with Crippen molar-refractivity contribution in [3.05, 3.63) is 12.3 Å². The summed E-state index contributed by atoms with van der Waals surface area (Å²) in [5, 5.41) is 2.73. The SMILES string of the molecule is C=C1CC(C)C(=O)N1CCC(=O)NCCOCCOCC(C)=O. The number of ether oxygens (including phenoxy) is 2. The average molecular weight is 326 g/mol. The first-order valence-electron chi connectivity index (χ1n) is 7.82. The molecule has 2 amide bonds. The zero-order chi connectivity index (χ0) is 17.2. The van der Waals surface area contributed by atoms with E-state index in [1.54, 1.807) is 4.90 Å². The number of allylic oxidation sites excluding steroid dienone is 1. The number of hydrogen-bond acceptors (Lipinski definition) is 5. The number of carbonyl (C=O) groups excluding carboxylic acids is 3.